The van der Waals surface area contributed by atoms with Gasteiger partial charge in [0.2, 0.25) is 0 Å². The molecule has 0 N–H and O–H groups in total. The van der Waals surface area contributed by atoms with Crippen molar-refractivity contribution in [3.8, 4) is 0 Å². The molecule has 1 heteroatoms. The summed E-state index contributed by atoms with van der Waals surface area (Å²) in [5.41, 5.74) is 0. The van der Waals surface area contributed by atoms with Gasteiger partial charge in [-0.25, -0.2) is 0 Å². The number of rotatable bonds is 4. The van der Waals surface area contributed by atoms with Crippen molar-refractivity contribution in [2.45, 2.75) is 25.0 Å². The summed E-state index contributed by atoms with van der Waals surface area (Å²) in [5.74, 6) is 0. The van der Waals surface area contributed by atoms with Crippen LogP contribution in [0.5, 0.6) is 0 Å². The fourth-order valence-electron chi connectivity index (χ4n) is 0.577. The summed E-state index contributed by atoms with van der Waals surface area (Å²) in [7, 11) is 0. The lowest BCUT2D eigenvalue weighted by Gasteiger charge is -2.04. The summed E-state index contributed by atoms with van der Waals surface area (Å²) in [6.45, 7) is 7.50. The molecule has 0 spiro atoms. The molecular weight excluding hydrogens is 116 g/mol. The molecule has 0 amide bonds. The summed E-state index contributed by atoms with van der Waals surface area (Å²) >= 11 is 1.81. The van der Waals surface area contributed by atoms with E-state index in [2.05, 4.69) is 13.2 Å². The first-order chi connectivity index (χ1) is 3.85. The van der Waals surface area contributed by atoms with E-state index in [1.807, 2.05) is 11.8 Å². The van der Waals surface area contributed by atoms with Crippen LogP contribution in [0.1, 0.15) is 19.8 Å². The van der Waals surface area contributed by atoms with Crippen molar-refractivity contribution >= 4 is 11.8 Å². The van der Waals surface area contributed by atoms with Crippen LogP contribution in [0, 0.1) is 6.58 Å². The van der Waals surface area contributed by atoms with Gasteiger partial charge >= 0.3 is 0 Å². The normalized spacial score (nSPS) is 13.2. The molecule has 0 aliphatic carbocycles. The van der Waals surface area contributed by atoms with E-state index < -0.39 is 0 Å². The van der Waals surface area contributed by atoms with Gasteiger partial charge in [-0.3, -0.25) is 0 Å². The Hall–Kier alpha value is 0.0900. The lowest BCUT2D eigenvalue weighted by atomic mass is 10.2. The molecule has 0 saturated carbocycles. The van der Waals surface area contributed by atoms with Gasteiger partial charge in [0, 0.05) is 5.25 Å². The van der Waals surface area contributed by atoms with Crippen molar-refractivity contribution in [3.63, 3.8) is 0 Å². The standard InChI is InChI=1S/C7H13S/c1-4-6-7(5-2)8-3/h2,5,7H,4,6H2,1,3H3. The third kappa shape index (κ3) is 3.14. The highest BCUT2D eigenvalue weighted by atomic mass is 32.2. The van der Waals surface area contributed by atoms with Gasteiger partial charge in [0.15, 0.2) is 0 Å². The summed E-state index contributed by atoms with van der Waals surface area (Å²) in [5, 5.41) is 0.569. The zero-order valence-corrected chi connectivity index (χ0v) is 6.37. The van der Waals surface area contributed by atoms with Crippen LogP contribution in [0.15, 0.2) is 6.08 Å². The third-order valence-electron chi connectivity index (χ3n) is 1.09. The highest BCUT2D eigenvalue weighted by Gasteiger charge is 1.96. The molecule has 0 aliphatic heterocycles. The highest BCUT2D eigenvalue weighted by molar-refractivity contribution is 7.99. The molecular formula is C7H13S. The van der Waals surface area contributed by atoms with E-state index >= 15 is 0 Å². The molecule has 0 aliphatic rings. The van der Waals surface area contributed by atoms with Gasteiger partial charge in [-0.2, -0.15) is 11.8 Å². The third-order valence-corrected chi connectivity index (χ3v) is 2.09. The molecule has 47 valence electrons. The molecule has 0 heterocycles. The van der Waals surface area contributed by atoms with E-state index in [9.17, 15) is 0 Å². The maximum Gasteiger partial charge on any atom is 0.0227 e. The molecule has 0 aromatic carbocycles. The van der Waals surface area contributed by atoms with Crippen LogP contribution in [-0.2, 0) is 0 Å². The molecule has 0 nitrogen and oxygen atoms in total. The Morgan fingerprint density at radius 1 is 1.75 bits per heavy atom. The van der Waals surface area contributed by atoms with Crippen molar-refractivity contribution in [1.82, 2.24) is 0 Å². The molecule has 0 fully saturated rings. The van der Waals surface area contributed by atoms with Crippen molar-refractivity contribution in [3.05, 3.63) is 12.7 Å². The Bertz CT molecular complexity index is 59.4. The molecule has 0 saturated heterocycles. The Balaban J connectivity index is 3.21. The summed E-state index contributed by atoms with van der Waals surface area (Å²) in [6.07, 6.45) is 6.29. The first kappa shape index (κ1) is 8.09. The molecule has 0 bridgehead atoms. The van der Waals surface area contributed by atoms with E-state index in [0.29, 0.717) is 5.25 Å². The monoisotopic (exact) mass is 129 g/mol. The minimum atomic E-state index is 0.569. The highest BCUT2D eigenvalue weighted by Crippen LogP contribution is 2.12. The second kappa shape index (κ2) is 5.23. The summed E-state index contributed by atoms with van der Waals surface area (Å²) in [4.78, 5) is 0. The SMILES string of the molecule is [CH]=CC(CCC)SC. The Morgan fingerprint density at radius 3 is 2.50 bits per heavy atom. The lowest BCUT2D eigenvalue weighted by molar-refractivity contribution is 0.829. The van der Waals surface area contributed by atoms with Gasteiger partial charge in [-0.05, 0) is 12.7 Å². The molecule has 0 rings (SSSR count). The van der Waals surface area contributed by atoms with Crippen LogP contribution in [0.2, 0.25) is 0 Å². The zero-order chi connectivity index (χ0) is 6.41. The largest absolute Gasteiger partial charge is 0.158 e. The minimum Gasteiger partial charge on any atom is -0.158 e. The smallest absolute Gasteiger partial charge is 0.0227 e. The van der Waals surface area contributed by atoms with Gasteiger partial charge in [0.05, 0.1) is 0 Å². The molecule has 1 atom stereocenters. The zero-order valence-electron chi connectivity index (χ0n) is 5.55. The Labute approximate surface area is 56.4 Å². The first-order valence-electron chi connectivity index (χ1n) is 2.93. The van der Waals surface area contributed by atoms with Gasteiger partial charge in [0.25, 0.3) is 0 Å². The van der Waals surface area contributed by atoms with Crippen LogP contribution < -0.4 is 0 Å². The van der Waals surface area contributed by atoms with Crippen LogP contribution in [0.4, 0.5) is 0 Å². The van der Waals surface area contributed by atoms with E-state index in [0.717, 1.165) is 0 Å². The van der Waals surface area contributed by atoms with Crippen molar-refractivity contribution in [2.75, 3.05) is 6.26 Å². The molecule has 8 heavy (non-hydrogen) atoms. The Kier molecular flexibility index (Phi) is 5.29. The van der Waals surface area contributed by atoms with E-state index in [1.54, 1.807) is 6.08 Å². The second-order valence-electron chi connectivity index (χ2n) is 1.76. The lowest BCUT2D eigenvalue weighted by Crippen LogP contribution is -1.93. The molecule has 1 radical (unpaired) electrons. The van der Waals surface area contributed by atoms with Crippen LogP contribution in [-0.4, -0.2) is 11.5 Å². The average Bonchev–Trinajstić information content (AvgIpc) is 1.83. The molecule has 1 unspecified atom stereocenters. The van der Waals surface area contributed by atoms with Crippen LogP contribution in [0.25, 0.3) is 0 Å². The summed E-state index contributed by atoms with van der Waals surface area (Å²) < 4.78 is 0. The predicted molar refractivity (Wildman–Crippen MR) is 41.1 cm³/mol. The summed E-state index contributed by atoms with van der Waals surface area (Å²) in [6, 6.07) is 0. The van der Waals surface area contributed by atoms with E-state index in [-0.39, 0.29) is 0 Å². The van der Waals surface area contributed by atoms with Crippen LogP contribution >= 0.6 is 11.8 Å². The maximum atomic E-state index is 5.32. The van der Waals surface area contributed by atoms with Crippen molar-refractivity contribution < 1.29 is 0 Å². The maximum absolute atomic E-state index is 5.32. The topological polar surface area (TPSA) is 0 Å². The van der Waals surface area contributed by atoms with Gasteiger partial charge in [-0.1, -0.05) is 26.0 Å². The van der Waals surface area contributed by atoms with Crippen molar-refractivity contribution in [2.24, 2.45) is 0 Å². The van der Waals surface area contributed by atoms with Crippen LogP contribution in [0.3, 0.4) is 0 Å². The van der Waals surface area contributed by atoms with Gasteiger partial charge in [-0.15, -0.1) is 0 Å². The number of hydrogen-bond acceptors (Lipinski definition) is 1. The quantitative estimate of drug-likeness (QED) is 0.562. The first-order valence-corrected chi connectivity index (χ1v) is 4.21. The Morgan fingerprint density at radius 2 is 2.38 bits per heavy atom. The average molecular weight is 129 g/mol. The van der Waals surface area contributed by atoms with E-state index in [4.69, 9.17) is 6.58 Å². The predicted octanol–water partition coefficient (Wildman–Crippen LogP) is 2.51. The number of hydrogen-bond donors (Lipinski definition) is 0. The van der Waals surface area contributed by atoms with Gasteiger partial charge in [0.1, 0.15) is 0 Å². The van der Waals surface area contributed by atoms with Crippen molar-refractivity contribution in [1.29, 1.82) is 0 Å². The van der Waals surface area contributed by atoms with E-state index in [1.165, 1.54) is 12.8 Å². The number of thioether (sulfide) groups is 1. The molecule has 0 aromatic heterocycles. The second-order valence-corrected chi connectivity index (χ2v) is 2.83. The molecule has 0 aromatic rings. The fourth-order valence-corrected chi connectivity index (χ4v) is 1.21. The fraction of sp³-hybridized carbons (Fsp3) is 0.714. The minimum absolute atomic E-state index is 0.569. The van der Waals surface area contributed by atoms with Gasteiger partial charge < -0.3 is 0 Å².